The highest BCUT2D eigenvalue weighted by Gasteiger charge is 2.30. The quantitative estimate of drug-likeness (QED) is 0.245. The lowest BCUT2D eigenvalue weighted by molar-refractivity contribution is -0.129. The maximum atomic E-state index is 13.4. The maximum absolute atomic E-state index is 13.4. The van der Waals surface area contributed by atoms with Crippen LogP contribution in [0.15, 0.2) is 42.9 Å². The van der Waals surface area contributed by atoms with Gasteiger partial charge in [-0.2, -0.15) is 0 Å². The number of aromatic amines is 1. The highest BCUT2D eigenvalue weighted by Crippen LogP contribution is 2.32. The SMILES string of the molecule is CC.CC.CCC1(C)CN(CC(=O)NCc2ccncc2F)CCO1.O=CNc1cc(Cl)cc2c3c([nH]c12)CNC=CC3. The minimum absolute atomic E-state index is 0.105. The number of carbonyl (C=O) groups excluding carboxylic acids is 2. The summed E-state index contributed by atoms with van der Waals surface area (Å²) in [6.07, 6.45) is 9.11. The van der Waals surface area contributed by atoms with E-state index in [9.17, 15) is 14.0 Å². The second-order valence-corrected chi connectivity index (χ2v) is 10.3. The summed E-state index contributed by atoms with van der Waals surface area (Å²) in [7, 11) is 0. The molecular formula is C32H46ClFN6O3. The molecule has 43 heavy (non-hydrogen) atoms. The van der Waals surface area contributed by atoms with Gasteiger partial charge in [-0.15, -0.1) is 0 Å². The standard InChI is InChI=1S/C15H22FN3O2.C13H12ClN3O.2C2H6/c1-3-15(2)11-19(6-7-21-15)10-14(20)18-8-12-4-5-17-9-13(12)16;14-8-4-10-9-2-1-3-15-6-12(9)17-13(10)11(5-8)16-7-18;2*1-2/h4-5,9H,3,6-8,10-11H2,1-2H3,(H,18,20);1,3-5,7,15,17H,2,6H2,(H,16,18);2*1-2H3. The van der Waals surface area contributed by atoms with Crippen molar-refractivity contribution in [3.63, 3.8) is 0 Å². The lowest BCUT2D eigenvalue weighted by atomic mass is 10.0. The Kier molecular flexibility index (Phi) is 15.2. The number of nitrogens with one attached hydrogen (secondary N) is 4. The van der Waals surface area contributed by atoms with Gasteiger partial charge < -0.3 is 25.7 Å². The molecule has 1 unspecified atom stereocenters. The summed E-state index contributed by atoms with van der Waals surface area (Å²) in [5.74, 6) is -0.505. The molecule has 4 N–H and O–H groups in total. The fraction of sp³-hybridized carbons (Fsp3) is 0.469. The highest BCUT2D eigenvalue weighted by atomic mass is 35.5. The Morgan fingerprint density at radius 3 is 2.74 bits per heavy atom. The molecule has 2 amide bonds. The Balaban J connectivity index is 0.000000271. The maximum Gasteiger partial charge on any atom is 0.234 e. The molecule has 1 fully saturated rings. The summed E-state index contributed by atoms with van der Waals surface area (Å²) in [5, 5.41) is 10.3. The molecule has 2 aromatic heterocycles. The first-order valence-electron chi connectivity index (χ1n) is 14.9. The van der Waals surface area contributed by atoms with E-state index in [4.69, 9.17) is 16.3 Å². The molecule has 3 aromatic rings. The van der Waals surface area contributed by atoms with Crippen LogP contribution in [-0.4, -0.2) is 59.0 Å². The fourth-order valence-corrected chi connectivity index (χ4v) is 4.94. The first kappa shape index (κ1) is 35.7. The summed E-state index contributed by atoms with van der Waals surface area (Å²) in [6.45, 7) is 15.5. The third-order valence-corrected chi connectivity index (χ3v) is 7.20. The zero-order chi connectivity index (χ0) is 31.8. The number of pyridine rings is 1. The Morgan fingerprint density at radius 2 is 2.05 bits per heavy atom. The van der Waals surface area contributed by atoms with E-state index in [1.807, 2.05) is 40.0 Å². The van der Waals surface area contributed by atoms with Crippen molar-refractivity contribution in [2.24, 2.45) is 0 Å². The molecule has 4 heterocycles. The predicted molar refractivity (Wildman–Crippen MR) is 173 cm³/mol. The summed E-state index contributed by atoms with van der Waals surface area (Å²) in [5.41, 5.74) is 4.25. The number of fused-ring (bicyclic) bond motifs is 3. The van der Waals surface area contributed by atoms with Gasteiger partial charge in [0, 0.05) is 47.5 Å². The summed E-state index contributed by atoms with van der Waals surface area (Å²) in [6, 6.07) is 5.25. The van der Waals surface area contributed by atoms with Crippen LogP contribution < -0.4 is 16.0 Å². The largest absolute Gasteiger partial charge is 0.386 e. The average Bonchev–Trinajstić information content (AvgIpc) is 3.19. The van der Waals surface area contributed by atoms with Gasteiger partial charge in [0.2, 0.25) is 12.3 Å². The van der Waals surface area contributed by atoms with Crippen LogP contribution in [0.5, 0.6) is 0 Å². The van der Waals surface area contributed by atoms with Gasteiger partial charge in [0.25, 0.3) is 0 Å². The van der Waals surface area contributed by atoms with Crippen LogP contribution in [0, 0.1) is 5.82 Å². The van der Waals surface area contributed by atoms with Crippen LogP contribution in [0.1, 0.15) is 64.8 Å². The number of nitrogens with zero attached hydrogens (tertiary/aromatic N) is 2. The molecule has 1 aromatic carbocycles. The number of carbonyl (C=O) groups is 2. The van der Waals surface area contributed by atoms with Gasteiger partial charge in [-0.25, -0.2) is 4.39 Å². The van der Waals surface area contributed by atoms with Crippen LogP contribution in [0.25, 0.3) is 10.9 Å². The molecule has 5 rings (SSSR count). The normalized spacial score (nSPS) is 17.3. The number of benzene rings is 1. The van der Waals surface area contributed by atoms with E-state index in [0.717, 1.165) is 55.3 Å². The fourth-order valence-electron chi connectivity index (χ4n) is 4.72. The van der Waals surface area contributed by atoms with E-state index in [-0.39, 0.29) is 18.1 Å². The van der Waals surface area contributed by atoms with E-state index in [1.165, 1.54) is 11.8 Å². The first-order chi connectivity index (χ1) is 20.8. The van der Waals surface area contributed by atoms with Gasteiger partial charge in [-0.05, 0) is 49.7 Å². The van der Waals surface area contributed by atoms with Crippen molar-refractivity contribution in [3.05, 3.63) is 70.5 Å². The molecule has 0 spiro atoms. The molecule has 0 bridgehead atoms. The Labute approximate surface area is 259 Å². The molecule has 2 aliphatic rings. The van der Waals surface area contributed by atoms with Crippen molar-refractivity contribution >= 4 is 40.5 Å². The van der Waals surface area contributed by atoms with Crippen molar-refractivity contribution in [2.75, 3.05) is 31.6 Å². The lowest BCUT2D eigenvalue weighted by Crippen LogP contribution is -2.52. The topological polar surface area (TPSA) is 111 Å². The van der Waals surface area contributed by atoms with E-state index in [1.54, 1.807) is 12.1 Å². The van der Waals surface area contributed by atoms with Gasteiger partial charge >= 0.3 is 0 Å². The molecule has 11 heteroatoms. The number of halogens is 2. The van der Waals surface area contributed by atoms with Crippen molar-refractivity contribution < 1.29 is 18.7 Å². The van der Waals surface area contributed by atoms with Crippen molar-refractivity contribution in [3.8, 4) is 0 Å². The van der Waals surface area contributed by atoms with E-state index >= 15 is 0 Å². The van der Waals surface area contributed by atoms with Crippen LogP contribution in [-0.2, 0) is 33.8 Å². The molecular weight excluding hydrogens is 571 g/mol. The van der Waals surface area contributed by atoms with Crippen molar-refractivity contribution in [1.82, 2.24) is 25.5 Å². The number of rotatable bonds is 7. The van der Waals surface area contributed by atoms with Gasteiger partial charge in [-0.1, -0.05) is 52.3 Å². The van der Waals surface area contributed by atoms with Gasteiger partial charge in [-0.3, -0.25) is 19.5 Å². The second kappa shape index (κ2) is 18.3. The van der Waals surface area contributed by atoms with E-state index in [2.05, 4.69) is 50.7 Å². The third kappa shape index (κ3) is 10.3. The number of allylic oxidation sites excluding steroid dienone is 1. The number of morpholine rings is 1. The zero-order valence-electron chi connectivity index (χ0n) is 26.2. The Hall–Kier alpha value is -3.47. The summed E-state index contributed by atoms with van der Waals surface area (Å²) < 4.78 is 19.1. The molecule has 0 saturated carbocycles. The molecule has 9 nitrogen and oxygen atoms in total. The number of H-pyrrole nitrogens is 1. The van der Waals surface area contributed by atoms with Crippen LogP contribution in [0.2, 0.25) is 5.02 Å². The molecule has 2 aliphatic heterocycles. The van der Waals surface area contributed by atoms with Gasteiger partial charge in [0.15, 0.2) is 0 Å². The van der Waals surface area contributed by atoms with Gasteiger partial charge in [0.05, 0.1) is 42.7 Å². The highest BCUT2D eigenvalue weighted by molar-refractivity contribution is 6.32. The molecule has 236 valence electrons. The predicted octanol–water partition coefficient (Wildman–Crippen LogP) is 5.94. The lowest BCUT2D eigenvalue weighted by Gasteiger charge is -2.39. The van der Waals surface area contributed by atoms with Crippen LogP contribution in [0.3, 0.4) is 0 Å². The molecule has 0 aliphatic carbocycles. The summed E-state index contributed by atoms with van der Waals surface area (Å²) in [4.78, 5) is 31.7. The minimum atomic E-state index is -0.400. The number of anilines is 1. The monoisotopic (exact) mass is 616 g/mol. The summed E-state index contributed by atoms with van der Waals surface area (Å²) >= 11 is 6.10. The van der Waals surface area contributed by atoms with E-state index in [0.29, 0.717) is 35.8 Å². The molecule has 1 saturated heterocycles. The minimum Gasteiger partial charge on any atom is -0.386 e. The molecule has 1 atom stereocenters. The number of aromatic nitrogens is 2. The van der Waals surface area contributed by atoms with Gasteiger partial charge in [0.1, 0.15) is 5.82 Å². The van der Waals surface area contributed by atoms with Crippen molar-refractivity contribution in [1.29, 1.82) is 0 Å². The Bertz CT molecular complexity index is 1350. The molecule has 0 radical (unpaired) electrons. The number of amides is 2. The second-order valence-electron chi connectivity index (χ2n) is 9.81. The van der Waals surface area contributed by atoms with E-state index < -0.39 is 5.82 Å². The number of hydrogen-bond donors (Lipinski definition) is 4. The number of ether oxygens (including phenoxy) is 1. The first-order valence-corrected chi connectivity index (χ1v) is 15.3. The Morgan fingerprint density at radius 1 is 1.28 bits per heavy atom. The van der Waals surface area contributed by atoms with Crippen LogP contribution >= 0.6 is 11.6 Å². The third-order valence-electron chi connectivity index (χ3n) is 6.98. The average molecular weight is 617 g/mol. The number of hydrogen-bond acceptors (Lipinski definition) is 6. The smallest absolute Gasteiger partial charge is 0.234 e. The van der Waals surface area contributed by atoms with Crippen molar-refractivity contribution in [2.45, 2.75) is 73.1 Å². The van der Waals surface area contributed by atoms with Crippen LogP contribution in [0.4, 0.5) is 10.1 Å². The zero-order valence-corrected chi connectivity index (χ0v) is 26.9.